The van der Waals surface area contributed by atoms with Crippen LogP contribution in [0.3, 0.4) is 0 Å². The van der Waals surface area contributed by atoms with Crippen LogP contribution in [0.2, 0.25) is 0 Å². The van der Waals surface area contributed by atoms with Gasteiger partial charge in [0.15, 0.2) is 0 Å². The summed E-state index contributed by atoms with van der Waals surface area (Å²) >= 11 is 0. The topological polar surface area (TPSA) is 75.7 Å². The van der Waals surface area contributed by atoms with Gasteiger partial charge in [-0.3, -0.25) is 9.10 Å². The SMILES string of the molecule is COCCCNC(=O)CCN(c1ccccc1C(C)(C)C)S(C)(=O)=O. The Morgan fingerprint density at radius 3 is 2.44 bits per heavy atom. The molecule has 0 atom stereocenters. The van der Waals surface area contributed by atoms with E-state index < -0.39 is 10.0 Å². The predicted molar refractivity (Wildman–Crippen MR) is 101 cm³/mol. The maximum Gasteiger partial charge on any atom is 0.232 e. The van der Waals surface area contributed by atoms with Crippen molar-refractivity contribution in [3.63, 3.8) is 0 Å². The first-order valence-electron chi connectivity index (χ1n) is 8.40. The summed E-state index contributed by atoms with van der Waals surface area (Å²) < 4.78 is 30.9. The number of benzene rings is 1. The van der Waals surface area contributed by atoms with Gasteiger partial charge in [0.25, 0.3) is 0 Å². The van der Waals surface area contributed by atoms with E-state index in [0.717, 1.165) is 12.0 Å². The highest BCUT2D eigenvalue weighted by Gasteiger charge is 2.25. The third-order valence-electron chi connectivity index (χ3n) is 3.77. The fourth-order valence-corrected chi connectivity index (χ4v) is 3.47. The highest BCUT2D eigenvalue weighted by atomic mass is 32.2. The van der Waals surface area contributed by atoms with Crippen LogP contribution in [0, 0.1) is 0 Å². The van der Waals surface area contributed by atoms with Crippen LogP contribution in [-0.2, 0) is 25.0 Å². The van der Waals surface area contributed by atoms with Crippen LogP contribution < -0.4 is 9.62 Å². The van der Waals surface area contributed by atoms with E-state index in [4.69, 9.17) is 4.74 Å². The van der Waals surface area contributed by atoms with E-state index in [2.05, 4.69) is 5.32 Å². The molecule has 1 rings (SSSR count). The highest BCUT2D eigenvalue weighted by Crippen LogP contribution is 2.33. The molecule has 142 valence electrons. The maximum absolute atomic E-state index is 12.3. The summed E-state index contributed by atoms with van der Waals surface area (Å²) in [5.74, 6) is -0.169. The predicted octanol–water partition coefficient (Wildman–Crippen LogP) is 2.29. The van der Waals surface area contributed by atoms with Gasteiger partial charge in [0, 0.05) is 33.2 Å². The molecule has 0 saturated carbocycles. The lowest BCUT2D eigenvalue weighted by molar-refractivity contribution is -0.120. The molecular weight excluding hydrogens is 340 g/mol. The molecule has 0 radical (unpaired) electrons. The Balaban J connectivity index is 2.90. The summed E-state index contributed by atoms with van der Waals surface area (Å²) in [6.45, 7) is 7.32. The number of carbonyl (C=O) groups excluding carboxylic acids is 1. The molecule has 0 aliphatic carbocycles. The lowest BCUT2D eigenvalue weighted by Gasteiger charge is -2.30. The Bertz CT molecular complexity index is 666. The van der Waals surface area contributed by atoms with Crippen LogP contribution in [-0.4, -0.2) is 47.4 Å². The van der Waals surface area contributed by atoms with Crippen LogP contribution in [0.4, 0.5) is 5.69 Å². The van der Waals surface area contributed by atoms with Gasteiger partial charge in [-0.25, -0.2) is 8.42 Å². The number of hydrogen-bond donors (Lipinski definition) is 1. The van der Waals surface area contributed by atoms with Crippen molar-refractivity contribution in [2.24, 2.45) is 0 Å². The van der Waals surface area contributed by atoms with Crippen molar-refractivity contribution in [1.29, 1.82) is 0 Å². The molecule has 0 aromatic heterocycles. The van der Waals surface area contributed by atoms with Gasteiger partial charge in [0.05, 0.1) is 11.9 Å². The lowest BCUT2D eigenvalue weighted by Crippen LogP contribution is -2.36. The average molecular weight is 371 g/mol. The third kappa shape index (κ3) is 7.04. The molecule has 1 aromatic rings. The van der Waals surface area contributed by atoms with Crippen LogP contribution in [0.25, 0.3) is 0 Å². The second-order valence-electron chi connectivity index (χ2n) is 7.05. The largest absolute Gasteiger partial charge is 0.385 e. The summed E-state index contributed by atoms with van der Waals surface area (Å²) in [4.78, 5) is 12.0. The van der Waals surface area contributed by atoms with Crippen molar-refractivity contribution in [1.82, 2.24) is 5.32 Å². The monoisotopic (exact) mass is 370 g/mol. The normalized spacial score (nSPS) is 12.0. The Morgan fingerprint density at radius 1 is 1.24 bits per heavy atom. The fourth-order valence-electron chi connectivity index (χ4n) is 2.53. The fraction of sp³-hybridized carbons (Fsp3) is 0.611. The van der Waals surface area contributed by atoms with Gasteiger partial charge in [-0.05, 0) is 23.5 Å². The number of ether oxygens (including phenoxy) is 1. The minimum atomic E-state index is -3.49. The average Bonchev–Trinajstić information content (AvgIpc) is 2.50. The molecule has 0 fully saturated rings. The van der Waals surface area contributed by atoms with Gasteiger partial charge < -0.3 is 10.1 Å². The molecule has 0 bridgehead atoms. The van der Waals surface area contributed by atoms with Gasteiger partial charge in [0.1, 0.15) is 0 Å². The van der Waals surface area contributed by atoms with Gasteiger partial charge in [-0.15, -0.1) is 0 Å². The molecule has 0 heterocycles. The minimum Gasteiger partial charge on any atom is -0.385 e. The third-order valence-corrected chi connectivity index (χ3v) is 4.95. The Morgan fingerprint density at radius 2 is 1.88 bits per heavy atom. The summed E-state index contributed by atoms with van der Waals surface area (Å²) in [5.41, 5.74) is 1.35. The summed E-state index contributed by atoms with van der Waals surface area (Å²) in [6.07, 6.45) is 2.01. The van der Waals surface area contributed by atoms with Crippen molar-refractivity contribution in [2.45, 2.75) is 39.0 Å². The molecule has 0 aliphatic heterocycles. The number of sulfonamides is 1. The van der Waals surface area contributed by atoms with Crippen molar-refractivity contribution in [3.8, 4) is 0 Å². The zero-order chi connectivity index (χ0) is 19.1. The zero-order valence-corrected chi connectivity index (χ0v) is 16.6. The van der Waals surface area contributed by atoms with Crippen molar-refractivity contribution < 1.29 is 17.9 Å². The number of carbonyl (C=O) groups is 1. The van der Waals surface area contributed by atoms with Crippen LogP contribution in [0.15, 0.2) is 24.3 Å². The number of nitrogens with zero attached hydrogens (tertiary/aromatic N) is 1. The molecule has 1 aromatic carbocycles. The first-order valence-corrected chi connectivity index (χ1v) is 10.2. The van der Waals surface area contributed by atoms with Gasteiger partial charge >= 0.3 is 0 Å². The maximum atomic E-state index is 12.3. The molecular formula is C18H30N2O4S. The summed E-state index contributed by atoms with van der Waals surface area (Å²) in [7, 11) is -1.88. The number of rotatable bonds is 9. The summed E-state index contributed by atoms with van der Waals surface area (Å²) in [6, 6.07) is 7.43. The number of para-hydroxylation sites is 1. The highest BCUT2D eigenvalue weighted by molar-refractivity contribution is 7.92. The van der Waals surface area contributed by atoms with E-state index in [1.807, 2.05) is 39.0 Å². The van der Waals surface area contributed by atoms with E-state index in [-0.39, 0.29) is 24.3 Å². The first kappa shape index (κ1) is 21.4. The van der Waals surface area contributed by atoms with Gasteiger partial charge in [0.2, 0.25) is 15.9 Å². The van der Waals surface area contributed by atoms with E-state index in [1.165, 1.54) is 10.6 Å². The second kappa shape index (κ2) is 9.20. The van der Waals surface area contributed by atoms with Gasteiger partial charge in [-0.2, -0.15) is 0 Å². The Labute approximate surface area is 151 Å². The van der Waals surface area contributed by atoms with Crippen LogP contribution in [0.5, 0.6) is 0 Å². The van der Waals surface area contributed by atoms with Crippen LogP contribution >= 0.6 is 0 Å². The first-order chi connectivity index (χ1) is 11.6. The van der Waals surface area contributed by atoms with Crippen molar-refractivity contribution >= 4 is 21.6 Å². The zero-order valence-electron chi connectivity index (χ0n) is 15.8. The molecule has 0 spiro atoms. The minimum absolute atomic E-state index is 0.110. The Kier molecular flexibility index (Phi) is 7.89. The van der Waals surface area contributed by atoms with E-state index >= 15 is 0 Å². The van der Waals surface area contributed by atoms with Crippen molar-refractivity contribution in [2.75, 3.05) is 37.4 Å². The van der Waals surface area contributed by atoms with Crippen molar-refractivity contribution in [3.05, 3.63) is 29.8 Å². The number of amides is 1. The lowest BCUT2D eigenvalue weighted by atomic mass is 9.86. The molecule has 1 N–H and O–H groups in total. The second-order valence-corrected chi connectivity index (χ2v) is 8.96. The summed E-state index contributed by atoms with van der Waals surface area (Å²) in [5, 5.41) is 2.78. The molecule has 7 heteroatoms. The van der Waals surface area contributed by atoms with Crippen LogP contribution in [0.1, 0.15) is 39.2 Å². The molecule has 0 unspecified atom stereocenters. The smallest absolute Gasteiger partial charge is 0.232 e. The number of nitrogens with one attached hydrogen (secondary N) is 1. The molecule has 1 amide bonds. The van der Waals surface area contributed by atoms with E-state index in [1.54, 1.807) is 13.2 Å². The van der Waals surface area contributed by atoms with Gasteiger partial charge in [-0.1, -0.05) is 39.0 Å². The Hall–Kier alpha value is -1.60. The standard InChI is InChI=1S/C18H30N2O4S/c1-18(2,3)15-9-6-7-10-16(15)20(25(5,22)23)13-11-17(21)19-12-8-14-24-4/h6-7,9-10H,8,11-14H2,1-5H3,(H,19,21). The number of anilines is 1. The number of methoxy groups -OCH3 is 1. The molecule has 0 saturated heterocycles. The molecule has 25 heavy (non-hydrogen) atoms. The molecule has 0 aliphatic rings. The molecule has 6 nitrogen and oxygen atoms in total. The van der Waals surface area contributed by atoms with E-state index in [0.29, 0.717) is 18.8 Å². The quantitative estimate of drug-likeness (QED) is 0.677. The number of hydrogen-bond acceptors (Lipinski definition) is 4. The van der Waals surface area contributed by atoms with E-state index in [9.17, 15) is 13.2 Å².